The van der Waals surface area contributed by atoms with Crippen molar-refractivity contribution in [1.82, 2.24) is 9.80 Å². The maximum Gasteiger partial charge on any atom is 0.119 e. The number of nitrogens with zero attached hydrogens (tertiary/aromatic N) is 2. The van der Waals surface area contributed by atoms with E-state index >= 15 is 0 Å². The number of methoxy groups -OCH3 is 1. The molecule has 1 aromatic rings. The Hall–Kier alpha value is -1.06. The lowest BCUT2D eigenvalue weighted by Gasteiger charge is -2.47. The summed E-state index contributed by atoms with van der Waals surface area (Å²) in [5, 5.41) is 0. The van der Waals surface area contributed by atoms with Crippen molar-refractivity contribution in [3.05, 3.63) is 29.8 Å². The molecule has 1 aromatic carbocycles. The summed E-state index contributed by atoms with van der Waals surface area (Å²) < 4.78 is 5.32. The van der Waals surface area contributed by atoms with Crippen molar-refractivity contribution in [1.29, 1.82) is 0 Å². The first kappa shape index (κ1) is 14.9. The monoisotopic (exact) mass is 288 g/mol. The van der Waals surface area contributed by atoms with E-state index < -0.39 is 0 Å². The number of hydrogen-bond donors (Lipinski definition) is 0. The van der Waals surface area contributed by atoms with Crippen molar-refractivity contribution in [2.45, 2.75) is 44.7 Å². The molecule has 116 valence electrons. The molecule has 2 heterocycles. The molecule has 21 heavy (non-hydrogen) atoms. The van der Waals surface area contributed by atoms with E-state index in [2.05, 4.69) is 34.9 Å². The Morgan fingerprint density at radius 3 is 3.00 bits per heavy atom. The highest BCUT2D eigenvalue weighted by molar-refractivity contribution is 5.28. The van der Waals surface area contributed by atoms with Crippen LogP contribution in [0.25, 0.3) is 0 Å². The molecular weight excluding hydrogens is 260 g/mol. The number of benzene rings is 1. The molecule has 0 bridgehead atoms. The molecule has 0 aliphatic carbocycles. The van der Waals surface area contributed by atoms with Gasteiger partial charge in [-0.2, -0.15) is 0 Å². The summed E-state index contributed by atoms with van der Waals surface area (Å²) in [4.78, 5) is 5.40. The van der Waals surface area contributed by atoms with E-state index in [-0.39, 0.29) is 0 Å². The summed E-state index contributed by atoms with van der Waals surface area (Å²) in [6.07, 6.45) is 5.32. The Labute approximate surface area is 128 Å². The summed E-state index contributed by atoms with van der Waals surface area (Å²) in [5.74, 6) is 0.970. The van der Waals surface area contributed by atoms with Crippen LogP contribution in [0, 0.1) is 0 Å². The molecule has 0 aromatic heterocycles. The summed E-state index contributed by atoms with van der Waals surface area (Å²) in [6, 6.07) is 9.99. The van der Waals surface area contributed by atoms with Crippen LogP contribution in [0.1, 0.15) is 31.7 Å². The number of hydrogen-bond acceptors (Lipinski definition) is 3. The molecule has 0 spiro atoms. The quantitative estimate of drug-likeness (QED) is 0.847. The lowest BCUT2D eigenvalue weighted by molar-refractivity contribution is 0.0160. The first-order chi connectivity index (χ1) is 10.3. The highest BCUT2D eigenvalue weighted by Gasteiger charge is 2.32. The van der Waals surface area contributed by atoms with Gasteiger partial charge in [-0.05, 0) is 50.4 Å². The molecule has 2 aliphatic heterocycles. The maximum absolute atomic E-state index is 5.32. The molecule has 2 saturated heterocycles. The van der Waals surface area contributed by atoms with Gasteiger partial charge >= 0.3 is 0 Å². The Balaban J connectivity index is 1.56. The first-order valence-corrected chi connectivity index (χ1v) is 8.37. The molecule has 0 radical (unpaired) electrons. The molecular formula is C18H28N2O. The molecule has 3 heteroatoms. The Kier molecular flexibility index (Phi) is 4.81. The zero-order valence-corrected chi connectivity index (χ0v) is 13.4. The predicted molar refractivity (Wildman–Crippen MR) is 86.9 cm³/mol. The minimum atomic E-state index is 0.685. The van der Waals surface area contributed by atoms with E-state index in [9.17, 15) is 0 Å². The van der Waals surface area contributed by atoms with Gasteiger partial charge in [0, 0.05) is 31.7 Å². The van der Waals surface area contributed by atoms with Crippen molar-refractivity contribution < 1.29 is 4.74 Å². The number of rotatable bonds is 4. The van der Waals surface area contributed by atoms with Crippen molar-refractivity contribution in [3.63, 3.8) is 0 Å². The van der Waals surface area contributed by atoms with Crippen LogP contribution in [-0.4, -0.2) is 55.2 Å². The second-order valence-electron chi connectivity index (χ2n) is 6.59. The fourth-order valence-electron chi connectivity index (χ4n) is 3.82. The van der Waals surface area contributed by atoms with Crippen LogP contribution < -0.4 is 4.74 Å². The van der Waals surface area contributed by atoms with Crippen molar-refractivity contribution in [2.75, 3.05) is 33.3 Å². The normalized spacial score (nSPS) is 27.3. The van der Waals surface area contributed by atoms with E-state index in [4.69, 9.17) is 4.74 Å². The van der Waals surface area contributed by atoms with Gasteiger partial charge in [-0.25, -0.2) is 0 Å². The lowest BCUT2D eigenvalue weighted by Crippen LogP contribution is -2.58. The average molecular weight is 288 g/mol. The molecule has 0 amide bonds. The van der Waals surface area contributed by atoms with E-state index in [1.807, 2.05) is 6.07 Å². The standard InChI is InChI=1S/C18H28N2O/c1-15-13-20-10-4-3-7-17(20)14-19(15)11-9-16-6-5-8-18(12-16)21-2/h5-6,8,12,15,17H,3-4,7,9-11,13-14H2,1-2H3. The molecule has 0 saturated carbocycles. The third-order valence-electron chi connectivity index (χ3n) is 5.14. The van der Waals surface area contributed by atoms with Crippen molar-refractivity contribution in [2.24, 2.45) is 0 Å². The van der Waals surface area contributed by atoms with Crippen molar-refractivity contribution in [3.8, 4) is 5.75 Å². The van der Waals surface area contributed by atoms with Crippen LogP contribution in [0.2, 0.25) is 0 Å². The maximum atomic E-state index is 5.32. The van der Waals surface area contributed by atoms with Crippen LogP contribution in [0.15, 0.2) is 24.3 Å². The van der Waals surface area contributed by atoms with Crippen LogP contribution >= 0.6 is 0 Å². The molecule has 3 rings (SSSR count). The number of piperidine rings is 1. The SMILES string of the molecule is COc1cccc(CCN2CC3CCCCN3CC2C)c1. The van der Waals surface area contributed by atoms with E-state index in [0.717, 1.165) is 18.2 Å². The Morgan fingerprint density at radius 1 is 1.24 bits per heavy atom. The average Bonchev–Trinajstić information content (AvgIpc) is 2.53. The number of piperazine rings is 1. The summed E-state index contributed by atoms with van der Waals surface area (Å²) in [5.41, 5.74) is 1.38. The van der Waals surface area contributed by atoms with Crippen LogP contribution in [0.5, 0.6) is 5.75 Å². The van der Waals surface area contributed by atoms with Gasteiger partial charge in [-0.15, -0.1) is 0 Å². The third-order valence-corrected chi connectivity index (χ3v) is 5.14. The van der Waals surface area contributed by atoms with Crippen LogP contribution in [0.4, 0.5) is 0 Å². The smallest absolute Gasteiger partial charge is 0.119 e. The van der Waals surface area contributed by atoms with Crippen molar-refractivity contribution >= 4 is 0 Å². The highest BCUT2D eigenvalue weighted by atomic mass is 16.5. The first-order valence-electron chi connectivity index (χ1n) is 8.37. The topological polar surface area (TPSA) is 15.7 Å². The molecule has 3 nitrogen and oxygen atoms in total. The Morgan fingerprint density at radius 2 is 2.14 bits per heavy atom. The minimum absolute atomic E-state index is 0.685. The van der Waals surface area contributed by atoms with Gasteiger partial charge in [0.15, 0.2) is 0 Å². The van der Waals surface area contributed by atoms with Crippen LogP contribution in [-0.2, 0) is 6.42 Å². The highest BCUT2D eigenvalue weighted by Crippen LogP contribution is 2.24. The van der Waals surface area contributed by atoms with E-state index in [0.29, 0.717) is 6.04 Å². The number of fused-ring (bicyclic) bond motifs is 1. The van der Waals surface area contributed by atoms with Gasteiger partial charge in [-0.1, -0.05) is 18.6 Å². The van der Waals surface area contributed by atoms with Gasteiger partial charge in [0.25, 0.3) is 0 Å². The van der Waals surface area contributed by atoms with Gasteiger partial charge in [0.05, 0.1) is 7.11 Å². The van der Waals surface area contributed by atoms with Gasteiger partial charge in [0.1, 0.15) is 5.75 Å². The van der Waals surface area contributed by atoms with Gasteiger partial charge in [0.2, 0.25) is 0 Å². The minimum Gasteiger partial charge on any atom is -0.497 e. The molecule has 2 aliphatic rings. The zero-order valence-electron chi connectivity index (χ0n) is 13.4. The fraction of sp³-hybridized carbons (Fsp3) is 0.667. The predicted octanol–water partition coefficient (Wildman–Crippen LogP) is 2.80. The summed E-state index contributed by atoms with van der Waals surface area (Å²) in [6.45, 7) is 7.38. The fourth-order valence-corrected chi connectivity index (χ4v) is 3.82. The Bertz CT molecular complexity index is 462. The largest absolute Gasteiger partial charge is 0.497 e. The third kappa shape index (κ3) is 3.58. The summed E-state index contributed by atoms with van der Waals surface area (Å²) in [7, 11) is 1.74. The molecule has 2 unspecified atom stereocenters. The zero-order chi connectivity index (χ0) is 14.7. The second-order valence-corrected chi connectivity index (χ2v) is 6.59. The van der Waals surface area contributed by atoms with Gasteiger partial charge in [-0.3, -0.25) is 9.80 Å². The molecule has 2 atom stereocenters. The molecule has 0 N–H and O–H groups in total. The van der Waals surface area contributed by atoms with Crippen LogP contribution in [0.3, 0.4) is 0 Å². The molecule has 2 fully saturated rings. The second kappa shape index (κ2) is 6.80. The van der Waals surface area contributed by atoms with E-state index in [1.54, 1.807) is 7.11 Å². The summed E-state index contributed by atoms with van der Waals surface area (Å²) >= 11 is 0. The van der Waals surface area contributed by atoms with E-state index in [1.165, 1.54) is 51.0 Å². The number of ether oxygens (including phenoxy) is 1. The van der Waals surface area contributed by atoms with Gasteiger partial charge < -0.3 is 4.74 Å². The lowest BCUT2D eigenvalue weighted by atomic mass is 9.97.